The number of nitrogens with two attached hydrogens (primary N) is 1. The van der Waals surface area contributed by atoms with Crippen molar-refractivity contribution in [1.29, 1.82) is 0 Å². The van der Waals surface area contributed by atoms with Crippen LogP contribution < -0.4 is 15.9 Å². The van der Waals surface area contributed by atoms with Crippen molar-refractivity contribution < 1.29 is 32.5 Å². The van der Waals surface area contributed by atoms with Crippen LogP contribution in [0.4, 0.5) is 13.2 Å². The first-order valence-corrected chi connectivity index (χ1v) is 10.5. The summed E-state index contributed by atoms with van der Waals surface area (Å²) in [7, 11) is 0. The fourth-order valence-corrected chi connectivity index (χ4v) is 3.55. The molecule has 4 rings (SSSR count). The zero-order valence-corrected chi connectivity index (χ0v) is 17.9. The lowest BCUT2D eigenvalue weighted by Crippen LogP contribution is -2.47. The van der Waals surface area contributed by atoms with Gasteiger partial charge in [-0.2, -0.15) is 13.2 Å². The number of hydrogen-bond acceptors (Lipinski definition) is 6. The van der Waals surface area contributed by atoms with E-state index in [1.807, 2.05) is 0 Å². The Bertz CT molecular complexity index is 1380. The lowest BCUT2D eigenvalue weighted by molar-refractivity contribution is -0.137. The number of alkyl halides is 3. The number of benzene rings is 3. The summed E-state index contributed by atoms with van der Waals surface area (Å²) in [5.41, 5.74) is 5.22. The third kappa shape index (κ3) is 4.91. The molecule has 9 heteroatoms. The topological polar surface area (TPSA) is 106 Å². The second kappa shape index (κ2) is 9.09. The van der Waals surface area contributed by atoms with Crippen LogP contribution in [0.1, 0.15) is 17.5 Å². The van der Waals surface area contributed by atoms with Crippen LogP contribution in [0.3, 0.4) is 0 Å². The minimum Gasteiger partial charge on any atom is -0.457 e. The molecule has 3 aromatic carbocycles. The van der Waals surface area contributed by atoms with Gasteiger partial charge in [0, 0.05) is 6.07 Å². The molecule has 34 heavy (non-hydrogen) atoms. The summed E-state index contributed by atoms with van der Waals surface area (Å²) in [5.74, 6) is 0.500. The minimum absolute atomic E-state index is 0.204. The molecule has 0 aliphatic heterocycles. The highest BCUT2D eigenvalue weighted by atomic mass is 19.4. The smallest absolute Gasteiger partial charge is 0.416 e. The van der Waals surface area contributed by atoms with E-state index >= 15 is 0 Å². The molecular formula is C25H22F3NO5. The van der Waals surface area contributed by atoms with Crippen LogP contribution in [0.5, 0.6) is 11.5 Å². The van der Waals surface area contributed by atoms with Gasteiger partial charge in [0.1, 0.15) is 22.7 Å². The number of aliphatic hydroxyl groups is 2. The Morgan fingerprint density at radius 1 is 0.853 bits per heavy atom. The van der Waals surface area contributed by atoms with Crippen LogP contribution in [0, 0.1) is 0 Å². The van der Waals surface area contributed by atoms with E-state index in [0.29, 0.717) is 34.9 Å². The molecule has 4 aromatic rings. The summed E-state index contributed by atoms with van der Waals surface area (Å²) < 4.78 is 49.8. The van der Waals surface area contributed by atoms with Crippen molar-refractivity contribution >= 4 is 21.9 Å². The average molecular weight is 473 g/mol. The molecule has 0 bridgehead atoms. The molecule has 0 spiro atoms. The van der Waals surface area contributed by atoms with Crippen molar-refractivity contribution in [3.63, 3.8) is 0 Å². The van der Waals surface area contributed by atoms with Crippen molar-refractivity contribution in [2.24, 2.45) is 5.73 Å². The van der Waals surface area contributed by atoms with E-state index in [1.54, 1.807) is 30.3 Å². The van der Waals surface area contributed by atoms with Crippen LogP contribution in [-0.2, 0) is 12.6 Å². The zero-order valence-electron chi connectivity index (χ0n) is 17.9. The number of fused-ring (bicyclic) bond motifs is 2. The first-order valence-electron chi connectivity index (χ1n) is 10.5. The van der Waals surface area contributed by atoms with Gasteiger partial charge in [0.15, 0.2) is 0 Å². The van der Waals surface area contributed by atoms with E-state index in [9.17, 15) is 28.2 Å². The van der Waals surface area contributed by atoms with E-state index < -0.39 is 17.3 Å². The van der Waals surface area contributed by atoms with E-state index in [1.165, 1.54) is 18.2 Å². The second-order valence-corrected chi connectivity index (χ2v) is 8.22. The molecule has 1 aromatic heterocycles. The third-order valence-corrected chi connectivity index (χ3v) is 5.67. The number of ether oxygens (including phenoxy) is 1. The fraction of sp³-hybridized carbons (Fsp3) is 0.240. The molecule has 1 heterocycles. The Morgan fingerprint density at radius 2 is 1.44 bits per heavy atom. The van der Waals surface area contributed by atoms with Gasteiger partial charge in [-0.25, -0.2) is 0 Å². The van der Waals surface area contributed by atoms with Gasteiger partial charge in [-0.3, -0.25) is 4.79 Å². The Morgan fingerprint density at radius 3 is 2.06 bits per heavy atom. The zero-order chi connectivity index (χ0) is 24.5. The predicted molar refractivity (Wildman–Crippen MR) is 121 cm³/mol. The Balaban J connectivity index is 1.63. The van der Waals surface area contributed by atoms with Gasteiger partial charge in [0.2, 0.25) is 5.43 Å². The molecule has 0 aliphatic rings. The summed E-state index contributed by atoms with van der Waals surface area (Å²) in [6.45, 7) is -0.725. The highest BCUT2D eigenvalue weighted by Gasteiger charge is 2.30. The lowest BCUT2D eigenvalue weighted by Gasteiger charge is -2.24. The van der Waals surface area contributed by atoms with Gasteiger partial charge in [0.25, 0.3) is 0 Å². The SMILES string of the molecule is NC(CO)(CO)CCc1ccc2c(=O)c3ccc(Oc4ccc(C(F)(F)F)cc4)cc3oc2c1. The van der Waals surface area contributed by atoms with E-state index in [2.05, 4.69) is 0 Å². The second-order valence-electron chi connectivity index (χ2n) is 8.22. The van der Waals surface area contributed by atoms with E-state index in [-0.39, 0.29) is 30.0 Å². The van der Waals surface area contributed by atoms with Gasteiger partial charge in [-0.05, 0) is 66.9 Å². The molecule has 0 saturated heterocycles. The van der Waals surface area contributed by atoms with Gasteiger partial charge >= 0.3 is 6.18 Å². The molecule has 0 fully saturated rings. The Hall–Kier alpha value is -3.40. The molecule has 0 radical (unpaired) electrons. The van der Waals surface area contributed by atoms with Crippen LogP contribution in [0.15, 0.2) is 69.9 Å². The standard InChI is InChI=1S/C25H22F3NO5/c26-25(27,28)16-2-4-17(5-3-16)33-18-6-8-20-22(12-18)34-21-11-15(1-7-19(21)23(20)32)9-10-24(29,13-30)14-31/h1-8,11-12,30-31H,9-10,13-14,29H2. The quantitative estimate of drug-likeness (QED) is 0.344. The summed E-state index contributed by atoms with van der Waals surface area (Å²) in [6.07, 6.45) is -3.66. The van der Waals surface area contributed by atoms with Crippen LogP contribution in [-0.4, -0.2) is 29.0 Å². The highest BCUT2D eigenvalue weighted by molar-refractivity contribution is 5.90. The summed E-state index contributed by atoms with van der Waals surface area (Å²) in [6, 6.07) is 14.0. The van der Waals surface area contributed by atoms with Crippen molar-refractivity contribution in [1.82, 2.24) is 0 Å². The van der Waals surface area contributed by atoms with Crippen LogP contribution >= 0.6 is 0 Å². The molecule has 0 amide bonds. The van der Waals surface area contributed by atoms with Crippen LogP contribution in [0.25, 0.3) is 21.9 Å². The monoisotopic (exact) mass is 473 g/mol. The summed E-state index contributed by atoms with van der Waals surface area (Å²) >= 11 is 0. The summed E-state index contributed by atoms with van der Waals surface area (Å²) in [5, 5.41) is 19.4. The van der Waals surface area contributed by atoms with Crippen molar-refractivity contribution in [2.45, 2.75) is 24.6 Å². The molecular weight excluding hydrogens is 451 g/mol. The molecule has 0 atom stereocenters. The van der Waals surface area contributed by atoms with Crippen LogP contribution in [0.2, 0.25) is 0 Å². The van der Waals surface area contributed by atoms with Crippen molar-refractivity contribution in [3.05, 3.63) is 82.0 Å². The first-order chi connectivity index (χ1) is 16.1. The van der Waals surface area contributed by atoms with Gasteiger partial charge in [-0.1, -0.05) is 6.07 Å². The maximum atomic E-state index is 12.9. The fourth-order valence-electron chi connectivity index (χ4n) is 3.55. The third-order valence-electron chi connectivity index (χ3n) is 5.67. The maximum absolute atomic E-state index is 12.9. The molecule has 0 saturated carbocycles. The number of aryl methyl sites for hydroxylation is 1. The van der Waals surface area contributed by atoms with Crippen molar-refractivity contribution in [3.8, 4) is 11.5 Å². The first kappa shape index (κ1) is 23.7. The lowest BCUT2D eigenvalue weighted by atomic mass is 9.93. The maximum Gasteiger partial charge on any atom is 0.416 e. The van der Waals surface area contributed by atoms with Gasteiger partial charge < -0.3 is 25.1 Å². The van der Waals surface area contributed by atoms with Crippen molar-refractivity contribution in [2.75, 3.05) is 13.2 Å². The summed E-state index contributed by atoms with van der Waals surface area (Å²) in [4.78, 5) is 12.9. The normalized spacial score (nSPS) is 12.4. The number of halogens is 3. The number of hydrogen-bond donors (Lipinski definition) is 3. The Kier molecular flexibility index (Phi) is 6.35. The average Bonchev–Trinajstić information content (AvgIpc) is 2.82. The molecule has 4 N–H and O–H groups in total. The predicted octanol–water partition coefficient (Wildman–Crippen LogP) is 4.37. The molecule has 178 valence electrons. The number of rotatable bonds is 7. The molecule has 0 unspecified atom stereocenters. The minimum atomic E-state index is -4.44. The van der Waals surface area contributed by atoms with Gasteiger partial charge in [-0.15, -0.1) is 0 Å². The Labute approximate surface area is 192 Å². The molecule has 6 nitrogen and oxygen atoms in total. The largest absolute Gasteiger partial charge is 0.457 e. The molecule has 0 aliphatic carbocycles. The number of aliphatic hydroxyl groups excluding tert-OH is 2. The highest BCUT2D eigenvalue weighted by Crippen LogP contribution is 2.32. The van der Waals surface area contributed by atoms with E-state index in [0.717, 1.165) is 17.7 Å². The van der Waals surface area contributed by atoms with Gasteiger partial charge in [0.05, 0.1) is 35.1 Å². The van der Waals surface area contributed by atoms with E-state index in [4.69, 9.17) is 14.9 Å².